The van der Waals surface area contributed by atoms with E-state index in [9.17, 15) is 28.8 Å². The molecule has 1 aromatic carbocycles. The van der Waals surface area contributed by atoms with Crippen LogP contribution in [-0.4, -0.2) is 93.7 Å². The highest BCUT2D eigenvalue weighted by Crippen LogP contribution is 2.19. The fourth-order valence-corrected chi connectivity index (χ4v) is 6.12. The van der Waals surface area contributed by atoms with Gasteiger partial charge < -0.3 is 47.6 Å². The van der Waals surface area contributed by atoms with Crippen molar-refractivity contribution in [3.8, 4) is 0 Å². The summed E-state index contributed by atoms with van der Waals surface area (Å²) in [5, 5.41) is 17.6. The van der Waals surface area contributed by atoms with Crippen LogP contribution in [0.4, 0.5) is 0 Å². The summed E-state index contributed by atoms with van der Waals surface area (Å²) in [5.41, 5.74) is 8.01. The number of carbonyl (C=O) groups is 6. The number of fused-ring (bicyclic) bond motifs is 1. The van der Waals surface area contributed by atoms with Crippen molar-refractivity contribution in [2.45, 2.75) is 108 Å². The number of aromatic nitrogens is 3. The van der Waals surface area contributed by atoms with Crippen LogP contribution in [0.5, 0.6) is 0 Å². The number of nitrogens with zero attached hydrogens (tertiary/aromatic N) is 1. The molecular weight excluding hydrogens is 668 g/mol. The molecule has 0 aliphatic carbocycles. The first-order valence-corrected chi connectivity index (χ1v) is 18.0. The molecule has 0 spiro atoms. The summed E-state index contributed by atoms with van der Waals surface area (Å²) in [4.78, 5) is 90.0. The minimum absolute atomic E-state index is 0.0393. The Kier molecular flexibility index (Phi) is 15.2. The molecule has 6 amide bonds. The van der Waals surface area contributed by atoms with Gasteiger partial charge >= 0.3 is 0 Å². The zero-order valence-corrected chi connectivity index (χ0v) is 29.9. The molecule has 16 heteroatoms. The highest BCUT2D eigenvalue weighted by molar-refractivity contribution is 5.96. The van der Waals surface area contributed by atoms with E-state index < -0.39 is 53.8 Å². The Morgan fingerprint density at radius 2 is 1.48 bits per heavy atom. The van der Waals surface area contributed by atoms with E-state index >= 15 is 0 Å². The lowest BCUT2D eigenvalue weighted by Crippen LogP contribution is -2.58. The molecule has 2 unspecified atom stereocenters. The van der Waals surface area contributed by atoms with Crippen molar-refractivity contribution in [1.82, 2.24) is 46.9 Å². The molecule has 16 nitrogen and oxygen atoms in total. The van der Waals surface area contributed by atoms with Crippen molar-refractivity contribution < 1.29 is 28.8 Å². The number of H-pyrrole nitrogens is 2. The number of hydrogen-bond acceptors (Lipinski definition) is 8. The molecule has 0 saturated carbocycles. The smallest absolute Gasteiger partial charge is 0.243 e. The normalized spacial score (nSPS) is 24.1. The molecule has 0 bridgehead atoms. The second-order valence-corrected chi connectivity index (χ2v) is 13.4. The Morgan fingerprint density at radius 1 is 0.750 bits per heavy atom. The number of nitrogens with one attached hydrogen (secondary N) is 8. The first-order chi connectivity index (χ1) is 25.0. The molecule has 282 valence electrons. The topological polar surface area (TPSA) is 245 Å². The average molecular weight is 721 g/mol. The van der Waals surface area contributed by atoms with E-state index in [2.05, 4.69) is 46.9 Å². The third kappa shape index (κ3) is 12.2. The molecule has 10 N–H and O–H groups in total. The summed E-state index contributed by atoms with van der Waals surface area (Å²) < 4.78 is 0. The van der Waals surface area contributed by atoms with Crippen LogP contribution >= 0.6 is 0 Å². The van der Waals surface area contributed by atoms with Gasteiger partial charge in [-0.1, -0.05) is 31.0 Å². The molecule has 3 aromatic rings. The Balaban J connectivity index is 1.54. The van der Waals surface area contributed by atoms with E-state index in [1.54, 1.807) is 13.1 Å². The number of carbonyl (C=O) groups excluding carboxylic acids is 6. The monoisotopic (exact) mass is 720 g/mol. The van der Waals surface area contributed by atoms with Gasteiger partial charge in [-0.3, -0.25) is 28.8 Å². The minimum Gasteiger partial charge on any atom is -0.361 e. The van der Waals surface area contributed by atoms with Crippen LogP contribution in [0.3, 0.4) is 0 Å². The first-order valence-electron chi connectivity index (χ1n) is 18.0. The van der Waals surface area contributed by atoms with Crippen molar-refractivity contribution in [2.75, 3.05) is 13.1 Å². The highest BCUT2D eigenvalue weighted by Gasteiger charge is 2.31. The van der Waals surface area contributed by atoms with E-state index in [1.807, 2.05) is 30.5 Å². The number of rotatable bonds is 7. The molecule has 1 aliphatic heterocycles. The lowest BCUT2D eigenvalue weighted by molar-refractivity contribution is -0.134. The fourth-order valence-electron chi connectivity index (χ4n) is 6.12. The molecule has 3 heterocycles. The van der Waals surface area contributed by atoms with E-state index in [0.29, 0.717) is 31.5 Å². The van der Waals surface area contributed by atoms with Gasteiger partial charge in [-0.2, -0.15) is 0 Å². The van der Waals surface area contributed by atoms with Crippen LogP contribution in [0.25, 0.3) is 10.9 Å². The number of amides is 6. The van der Waals surface area contributed by atoms with Gasteiger partial charge in [-0.05, 0) is 57.7 Å². The molecule has 0 radical (unpaired) electrons. The maximum Gasteiger partial charge on any atom is 0.243 e. The Hall–Kier alpha value is -5.25. The van der Waals surface area contributed by atoms with E-state index in [-0.39, 0.29) is 50.5 Å². The Morgan fingerprint density at radius 3 is 2.25 bits per heavy atom. The van der Waals surface area contributed by atoms with Crippen LogP contribution in [0.15, 0.2) is 43.0 Å². The summed E-state index contributed by atoms with van der Waals surface area (Å²) in [7, 11) is 0. The second kappa shape index (κ2) is 20.0. The number of benzene rings is 1. The predicted octanol–water partition coefficient (Wildman–Crippen LogP) is 0.349. The summed E-state index contributed by atoms with van der Waals surface area (Å²) in [6, 6.07) is 2.99. The number of hydrogen-bond donors (Lipinski definition) is 9. The van der Waals surface area contributed by atoms with Gasteiger partial charge in [0, 0.05) is 61.6 Å². The van der Waals surface area contributed by atoms with Crippen LogP contribution < -0.4 is 37.6 Å². The van der Waals surface area contributed by atoms with Crippen LogP contribution in [0, 0.1) is 0 Å². The van der Waals surface area contributed by atoms with Crippen molar-refractivity contribution in [2.24, 2.45) is 5.73 Å². The number of para-hydroxylation sites is 1. The van der Waals surface area contributed by atoms with Gasteiger partial charge in [-0.25, -0.2) is 4.98 Å². The van der Waals surface area contributed by atoms with Crippen molar-refractivity contribution in [3.05, 3.63) is 54.2 Å². The first kappa shape index (κ1) is 39.5. The average Bonchev–Trinajstić information content (AvgIpc) is 3.78. The Labute approximate surface area is 303 Å². The SMILES string of the molecule is CC1CC(=O)N[C@@H](Cc2c[nH]cn2)C(=O)NC(C)C(=O)N[C@@H](CCCN)C(=O)N[C@@H](Cc2c[nH]c3ccccc23)C(=O)NCCCCCCC(=O)N1. The van der Waals surface area contributed by atoms with E-state index in [4.69, 9.17) is 5.73 Å². The van der Waals surface area contributed by atoms with Gasteiger partial charge in [-0.15, -0.1) is 0 Å². The predicted molar refractivity (Wildman–Crippen MR) is 194 cm³/mol. The molecule has 52 heavy (non-hydrogen) atoms. The molecule has 1 aliphatic rings. The molecule has 4 rings (SSSR count). The summed E-state index contributed by atoms with van der Waals surface area (Å²) in [6.07, 6.45) is 8.77. The lowest BCUT2D eigenvalue weighted by Gasteiger charge is -2.25. The maximum atomic E-state index is 13.8. The van der Waals surface area contributed by atoms with E-state index in [1.165, 1.54) is 13.3 Å². The van der Waals surface area contributed by atoms with Crippen molar-refractivity contribution in [3.63, 3.8) is 0 Å². The number of aromatic amines is 2. The molecule has 1 saturated heterocycles. The lowest BCUT2D eigenvalue weighted by atomic mass is 10.0. The largest absolute Gasteiger partial charge is 0.361 e. The van der Waals surface area contributed by atoms with Gasteiger partial charge in [0.25, 0.3) is 0 Å². The standard InChI is InChI=1S/C36H52N10O6/c1-22-16-32(48)44-30(18-25-20-38-21-41-25)36(52)43-23(2)33(49)45-28(12-9-14-37)35(51)46-29(17-24-19-40-27-11-7-6-10-26(24)27)34(50)39-15-8-4-3-5-13-31(47)42-22/h6-7,10-11,19-23,28-30,40H,3-5,8-9,12-18,37H2,1-2H3,(H,38,41)(H,39,50)(H,42,47)(H,43,52)(H,44,48)(H,45,49)(H,46,51)/t22?,23?,28-,29-,30-/m0/s1. The summed E-state index contributed by atoms with van der Waals surface area (Å²) in [5.74, 6) is -2.85. The highest BCUT2D eigenvalue weighted by atomic mass is 16.2. The third-order valence-corrected chi connectivity index (χ3v) is 8.96. The van der Waals surface area contributed by atoms with Gasteiger partial charge in [0.05, 0.1) is 12.0 Å². The maximum absolute atomic E-state index is 13.8. The fraction of sp³-hybridized carbons (Fsp3) is 0.528. The summed E-state index contributed by atoms with van der Waals surface area (Å²) in [6.45, 7) is 3.82. The molecule has 5 atom stereocenters. The van der Waals surface area contributed by atoms with Crippen LogP contribution in [-0.2, 0) is 41.6 Å². The van der Waals surface area contributed by atoms with Gasteiger partial charge in [0.1, 0.15) is 24.2 Å². The number of nitrogens with two attached hydrogens (primary N) is 1. The zero-order chi connectivity index (χ0) is 37.5. The molecular formula is C36H52N10O6. The second-order valence-electron chi connectivity index (χ2n) is 13.4. The zero-order valence-electron chi connectivity index (χ0n) is 29.9. The summed E-state index contributed by atoms with van der Waals surface area (Å²) >= 11 is 0. The van der Waals surface area contributed by atoms with E-state index in [0.717, 1.165) is 29.3 Å². The van der Waals surface area contributed by atoms with Crippen molar-refractivity contribution in [1.29, 1.82) is 0 Å². The van der Waals surface area contributed by atoms with Gasteiger partial charge in [0.15, 0.2) is 0 Å². The van der Waals surface area contributed by atoms with Crippen LogP contribution in [0.2, 0.25) is 0 Å². The number of imidazole rings is 1. The quantitative estimate of drug-likeness (QED) is 0.164. The molecule has 1 fully saturated rings. The minimum atomic E-state index is -1.10. The Bertz CT molecular complexity index is 1660. The van der Waals surface area contributed by atoms with Crippen molar-refractivity contribution >= 4 is 46.3 Å². The van der Waals surface area contributed by atoms with Crippen LogP contribution in [0.1, 0.15) is 76.5 Å². The molecule has 2 aromatic heterocycles. The van der Waals surface area contributed by atoms with Gasteiger partial charge in [0.2, 0.25) is 35.4 Å². The third-order valence-electron chi connectivity index (χ3n) is 8.96.